The summed E-state index contributed by atoms with van der Waals surface area (Å²) >= 11 is -1.88. The molecule has 32 heavy (non-hydrogen) atoms. The highest BCUT2D eigenvalue weighted by molar-refractivity contribution is 7.81. The first-order chi connectivity index (χ1) is 15.2. The average Bonchev–Trinajstić information content (AvgIpc) is 3.40. The van der Waals surface area contributed by atoms with Crippen LogP contribution >= 0.6 is 11.3 Å². The van der Waals surface area contributed by atoms with E-state index in [0.29, 0.717) is 6.54 Å². The molecule has 174 valence electrons. The number of rotatable bonds is 9. The number of benzene rings is 1. The van der Waals surface area contributed by atoms with Crippen LogP contribution in [-0.2, 0) is 16.1 Å². The van der Waals surface area contributed by atoms with Gasteiger partial charge < -0.3 is 9.66 Å². The molecule has 1 aromatic heterocycles. The molecular weight excluding hydrogens is 466 g/mol. The zero-order valence-electron chi connectivity index (χ0n) is 16.8. The molecule has 0 bridgehead atoms. The fraction of sp³-hybridized carbons (Fsp3) is 0.421. The van der Waals surface area contributed by atoms with Crippen molar-refractivity contribution in [2.75, 3.05) is 27.6 Å². The number of anilines is 3. The van der Waals surface area contributed by atoms with Crippen LogP contribution in [0.3, 0.4) is 0 Å². The zero-order valence-corrected chi connectivity index (χ0v) is 18.5. The SMILES string of the molecule is O=C(O)CCN(c1cnc(NC(=O)N(CC2CCCC2)c2ccc(F)c(F)c2)s1)S(=O)[O-]. The largest absolute Gasteiger partial charge is 0.755 e. The third-order valence-electron chi connectivity index (χ3n) is 5.04. The molecule has 0 spiro atoms. The van der Waals surface area contributed by atoms with E-state index in [1.165, 1.54) is 17.2 Å². The van der Waals surface area contributed by atoms with Crippen molar-refractivity contribution in [3.63, 3.8) is 0 Å². The zero-order chi connectivity index (χ0) is 23.3. The summed E-state index contributed by atoms with van der Waals surface area (Å²) in [6.07, 6.45) is 4.71. The van der Waals surface area contributed by atoms with Gasteiger partial charge in [0.1, 0.15) is 5.00 Å². The monoisotopic (exact) mass is 487 g/mol. The Morgan fingerprint density at radius 2 is 2.00 bits per heavy atom. The summed E-state index contributed by atoms with van der Waals surface area (Å²) in [7, 11) is 0. The number of carboxylic acids is 1. The Morgan fingerprint density at radius 3 is 2.62 bits per heavy atom. The van der Waals surface area contributed by atoms with Crippen molar-refractivity contribution < 1.29 is 32.2 Å². The quantitative estimate of drug-likeness (QED) is 0.519. The number of carbonyl (C=O) groups excluding carboxylic acids is 1. The van der Waals surface area contributed by atoms with Gasteiger partial charge in [-0.3, -0.25) is 23.5 Å². The van der Waals surface area contributed by atoms with Crippen LogP contribution in [0.4, 0.5) is 29.4 Å². The molecule has 1 unspecified atom stereocenters. The van der Waals surface area contributed by atoms with Gasteiger partial charge in [-0.15, -0.1) is 0 Å². The molecule has 0 aliphatic heterocycles. The first-order valence-electron chi connectivity index (χ1n) is 9.82. The normalized spacial score (nSPS) is 14.8. The van der Waals surface area contributed by atoms with Crippen LogP contribution in [0.25, 0.3) is 0 Å². The Balaban J connectivity index is 1.77. The van der Waals surface area contributed by atoms with Crippen LogP contribution < -0.4 is 14.5 Å². The minimum absolute atomic E-state index is 0.0785. The number of carbonyl (C=O) groups is 2. The van der Waals surface area contributed by atoms with E-state index >= 15 is 0 Å². The maximum atomic E-state index is 13.8. The van der Waals surface area contributed by atoms with Crippen LogP contribution in [0.5, 0.6) is 0 Å². The van der Waals surface area contributed by atoms with Crippen molar-refractivity contribution in [3.8, 4) is 0 Å². The summed E-state index contributed by atoms with van der Waals surface area (Å²) in [6, 6.07) is 2.59. The summed E-state index contributed by atoms with van der Waals surface area (Å²) in [5, 5.41) is 11.6. The van der Waals surface area contributed by atoms with E-state index in [9.17, 15) is 27.1 Å². The number of carboxylic acid groups (broad SMARTS) is 1. The summed E-state index contributed by atoms with van der Waals surface area (Å²) in [6.45, 7) is 0.0220. The van der Waals surface area contributed by atoms with Gasteiger partial charge in [0, 0.05) is 36.1 Å². The lowest BCUT2D eigenvalue weighted by Gasteiger charge is -2.26. The highest BCUT2D eigenvalue weighted by atomic mass is 32.2. The molecule has 13 heteroatoms. The number of nitrogens with zero attached hydrogens (tertiary/aromatic N) is 3. The minimum Gasteiger partial charge on any atom is -0.755 e. The molecule has 1 fully saturated rings. The average molecular weight is 488 g/mol. The van der Waals surface area contributed by atoms with Gasteiger partial charge in [0.05, 0.1) is 12.6 Å². The number of amides is 2. The highest BCUT2D eigenvalue weighted by Gasteiger charge is 2.25. The molecule has 3 rings (SSSR count). The topological polar surface area (TPSA) is 126 Å². The second-order valence-corrected chi connectivity index (χ2v) is 9.14. The third kappa shape index (κ3) is 6.20. The first-order valence-corrected chi connectivity index (χ1v) is 11.7. The highest BCUT2D eigenvalue weighted by Crippen LogP contribution is 2.31. The van der Waals surface area contributed by atoms with Gasteiger partial charge in [-0.2, -0.15) is 0 Å². The fourth-order valence-corrected chi connectivity index (χ4v) is 4.93. The van der Waals surface area contributed by atoms with Crippen LogP contribution in [0, 0.1) is 17.6 Å². The van der Waals surface area contributed by atoms with Crippen molar-refractivity contribution in [2.45, 2.75) is 32.1 Å². The minimum atomic E-state index is -2.73. The number of halogens is 2. The Morgan fingerprint density at radius 1 is 1.28 bits per heavy atom. The van der Waals surface area contributed by atoms with Gasteiger partial charge in [-0.1, -0.05) is 24.2 Å². The standard InChI is InChI=1S/C19H22F2N4O5S2/c20-14-6-5-13(9-15(14)21)24(11-12-3-1-2-4-12)19(28)23-18-22-10-16(31-18)25(32(29)30)8-7-17(26)27/h5-6,9-10,12H,1-4,7-8,11H2,(H,26,27)(H,29,30)(H,22,23,28)/p-1. The lowest BCUT2D eigenvalue weighted by molar-refractivity contribution is -0.136. The van der Waals surface area contributed by atoms with E-state index in [4.69, 9.17) is 5.11 Å². The maximum absolute atomic E-state index is 13.8. The van der Waals surface area contributed by atoms with Crippen molar-refractivity contribution in [1.29, 1.82) is 0 Å². The number of hydrogen-bond acceptors (Lipinski definition) is 6. The van der Waals surface area contributed by atoms with E-state index in [0.717, 1.165) is 53.5 Å². The Labute approximate surface area is 189 Å². The van der Waals surface area contributed by atoms with Gasteiger partial charge in [0.15, 0.2) is 16.8 Å². The number of aliphatic carboxylic acids is 1. The number of hydrogen-bond donors (Lipinski definition) is 2. The van der Waals surface area contributed by atoms with Gasteiger partial charge in [-0.25, -0.2) is 18.6 Å². The third-order valence-corrected chi connectivity index (χ3v) is 6.83. The van der Waals surface area contributed by atoms with Crippen LogP contribution in [0.15, 0.2) is 24.4 Å². The Kier molecular flexibility index (Phi) is 8.10. The number of nitrogens with one attached hydrogen (secondary N) is 1. The fourth-order valence-electron chi connectivity index (χ4n) is 3.46. The van der Waals surface area contributed by atoms with Gasteiger partial charge in [0.2, 0.25) is 0 Å². The van der Waals surface area contributed by atoms with E-state index in [2.05, 4.69) is 10.3 Å². The molecule has 1 aliphatic carbocycles. The molecule has 0 radical (unpaired) electrons. The van der Waals surface area contributed by atoms with Gasteiger partial charge >= 0.3 is 12.0 Å². The molecule has 2 N–H and O–H groups in total. The van der Waals surface area contributed by atoms with Crippen molar-refractivity contribution in [1.82, 2.24) is 4.98 Å². The molecule has 1 aliphatic rings. The molecule has 1 aromatic carbocycles. The van der Waals surface area contributed by atoms with Gasteiger partial charge in [-0.05, 0) is 30.9 Å². The smallest absolute Gasteiger partial charge is 0.328 e. The number of thiazole rings is 1. The van der Waals surface area contributed by atoms with Crippen molar-refractivity contribution >= 4 is 50.4 Å². The molecule has 1 atom stereocenters. The molecule has 2 amide bonds. The Hall–Kier alpha value is -2.64. The molecule has 1 heterocycles. The van der Waals surface area contributed by atoms with E-state index in [1.807, 2.05) is 0 Å². The maximum Gasteiger partial charge on any atom is 0.328 e. The summed E-state index contributed by atoms with van der Waals surface area (Å²) in [5.41, 5.74) is 0.189. The van der Waals surface area contributed by atoms with E-state index < -0.39 is 41.3 Å². The lowest BCUT2D eigenvalue weighted by Crippen LogP contribution is -2.38. The number of urea groups is 1. The van der Waals surface area contributed by atoms with Crippen LogP contribution in [0.1, 0.15) is 32.1 Å². The first kappa shape index (κ1) is 24.0. The molecular formula is C19H21F2N4O5S2-. The van der Waals surface area contributed by atoms with Crippen LogP contribution in [0.2, 0.25) is 0 Å². The summed E-state index contributed by atoms with van der Waals surface area (Å²) < 4.78 is 50.9. The van der Waals surface area contributed by atoms with Crippen LogP contribution in [-0.4, -0.2) is 43.9 Å². The second kappa shape index (κ2) is 10.8. The predicted octanol–water partition coefficient (Wildman–Crippen LogP) is 3.73. The second-order valence-electron chi connectivity index (χ2n) is 7.26. The lowest BCUT2D eigenvalue weighted by atomic mass is 10.1. The number of aromatic nitrogens is 1. The van der Waals surface area contributed by atoms with Gasteiger partial charge in [0.25, 0.3) is 0 Å². The molecule has 1 saturated carbocycles. The summed E-state index contributed by atoms with van der Waals surface area (Å²) in [4.78, 5) is 29.0. The molecule has 0 saturated heterocycles. The van der Waals surface area contributed by atoms with E-state index in [1.54, 1.807) is 0 Å². The Bertz CT molecular complexity index is 1000. The molecule has 2 aromatic rings. The van der Waals surface area contributed by atoms with Crippen molar-refractivity contribution in [3.05, 3.63) is 36.0 Å². The summed E-state index contributed by atoms with van der Waals surface area (Å²) in [5.74, 6) is -3.04. The molecule has 9 nitrogen and oxygen atoms in total. The van der Waals surface area contributed by atoms with Crippen molar-refractivity contribution in [2.24, 2.45) is 5.92 Å². The predicted molar refractivity (Wildman–Crippen MR) is 115 cm³/mol. The van der Waals surface area contributed by atoms with E-state index in [-0.39, 0.29) is 28.3 Å².